The zero-order valence-corrected chi connectivity index (χ0v) is 13.8. The van der Waals surface area contributed by atoms with Gasteiger partial charge >= 0.3 is 0 Å². The summed E-state index contributed by atoms with van der Waals surface area (Å²) in [5.41, 5.74) is 0. The molecule has 0 saturated carbocycles. The van der Waals surface area contributed by atoms with Crippen molar-refractivity contribution in [2.24, 2.45) is 5.92 Å². The molecule has 2 rings (SSSR count). The van der Waals surface area contributed by atoms with Crippen LogP contribution in [0.4, 0.5) is 4.39 Å². The van der Waals surface area contributed by atoms with Gasteiger partial charge in [-0.1, -0.05) is 12.1 Å². The first-order chi connectivity index (χ1) is 9.70. The van der Waals surface area contributed by atoms with E-state index in [1.54, 1.807) is 12.1 Å². The van der Waals surface area contributed by atoms with Crippen molar-refractivity contribution in [2.45, 2.75) is 17.7 Å². The van der Waals surface area contributed by atoms with Gasteiger partial charge in [0, 0.05) is 30.2 Å². The molecule has 21 heavy (non-hydrogen) atoms. The lowest BCUT2D eigenvalue weighted by atomic mass is 10.1. The maximum Gasteiger partial charge on any atom is 0.223 e. The average molecular weight is 333 g/mol. The lowest BCUT2D eigenvalue weighted by molar-refractivity contribution is -0.129. The lowest BCUT2D eigenvalue weighted by Crippen LogP contribution is -2.30. The molecule has 6 heteroatoms. The van der Waals surface area contributed by atoms with Crippen LogP contribution in [0.2, 0.25) is 0 Å². The molecule has 0 aliphatic carbocycles. The molecule has 1 aliphatic heterocycles. The number of hydrogen-bond acceptors (Lipinski definition) is 3. The van der Waals surface area contributed by atoms with Crippen molar-refractivity contribution < 1.29 is 9.18 Å². The molecule has 3 nitrogen and oxygen atoms in total. The highest BCUT2D eigenvalue weighted by molar-refractivity contribution is 7.99. The standard InChI is InChI=1S/C15H21FN2OS.ClH/c1-17-10-12-6-8-18(11-12)15(19)7-9-20-14-5-3-2-4-13(14)16;/h2-5,12,17H,6-11H2,1H3;1H. The molecule has 1 amide bonds. The predicted molar refractivity (Wildman–Crippen MR) is 87.6 cm³/mol. The molecular weight excluding hydrogens is 311 g/mol. The minimum Gasteiger partial charge on any atom is -0.342 e. The maximum absolute atomic E-state index is 13.4. The van der Waals surface area contributed by atoms with E-state index >= 15 is 0 Å². The third kappa shape index (κ3) is 5.49. The van der Waals surface area contributed by atoms with Gasteiger partial charge in [-0.05, 0) is 38.1 Å². The summed E-state index contributed by atoms with van der Waals surface area (Å²) >= 11 is 1.41. The second-order valence-corrected chi connectivity index (χ2v) is 6.22. The predicted octanol–water partition coefficient (Wildman–Crippen LogP) is 2.80. The summed E-state index contributed by atoms with van der Waals surface area (Å²) < 4.78 is 13.4. The van der Waals surface area contributed by atoms with E-state index in [2.05, 4.69) is 5.32 Å². The fraction of sp³-hybridized carbons (Fsp3) is 0.533. The SMILES string of the molecule is CNCC1CCN(C(=O)CCSc2ccccc2F)C1.Cl. The Morgan fingerprint density at radius 1 is 1.48 bits per heavy atom. The number of likely N-dealkylation sites (tertiary alicyclic amines) is 1. The van der Waals surface area contributed by atoms with Crippen molar-refractivity contribution in [3.8, 4) is 0 Å². The number of halogens is 2. The van der Waals surface area contributed by atoms with Crippen LogP contribution >= 0.6 is 24.2 Å². The second kappa shape index (κ2) is 9.28. The van der Waals surface area contributed by atoms with Gasteiger partial charge in [-0.25, -0.2) is 4.39 Å². The van der Waals surface area contributed by atoms with Crippen LogP contribution in [0.25, 0.3) is 0 Å². The lowest BCUT2D eigenvalue weighted by Gasteiger charge is -2.16. The molecule has 0 bridgehead atoms. The smallest absolute Gasteiger partial charge is 0.223 e. The number of thioether (sulfide) groups is 1. The largest absolute Gasteiger partial charge is 0.342 e. The van der Waals surface area contributed by atoms with E-state index in [0.717, 1.165) is 26.1 Å². The molecule has 1 saturated heterocycles. The van der Waals surface area contributed by atoms with Crippen molar-refractivity contribution in [3.63, 3.8) is 0 Å². The fourth-order valence-electron chi connectivity index (χ4n) is 2.48. The number of carbonyl (C=O) groups is 1. The number of amides is 1. The van der Waals surface area contributed by atoms with E-state index in [9.17, 15) is 9.18 Å². The number of rotatable bonds is 6. The van der Waals surface area contributed by atoms with E-state index in [-0.39, 0.29) is 24.1 Å². The van der Waals surface area contributed by atoms with Gasteiger partial charge in [0.05, 0.1) is 0 Å². The molecule has 0 radical (unpaired) electrons. The Hall–Kier alpha value is -0.780. The molecule has 1 aromatic rings. The van der Waals surface area contributed by atoms with Crippen LogP contribution in [-0.4, -0.2) is 43.2 Å². The Morgan fingerprint density at radius 3 is 2.95 bits per heavy atom. The molecule has 1 aromatic carbocycles. The van der Waals surface area contributed by atoms with E-state index in [1.807, 2.05) is 18.0 Å². The zero-order valence-electron chi connectivity index (χ0n) is 12.2. The molecule has 1 unspecified atom stereocenters. The third-order valence-electron chi connectivity index (χ3n) is 3.54. The molecular formula is C15H22ClFN2OS. The van der Waals surface area contributed by atoms with Gasteiger partial charge in [0.25, 0.3) is 0 Å². The number of carbonyl (C=O) groups excluding carboxylic acids is 1. The molecule has 1 fully saturated rings. The van der Waals surface area contributed by atoms with Crippen molar-refractivity contribution in [1.29, 1.82) is 0 Å². The van der Waals surface area contributed by atoms with Gasteiger partial charge < -0.3 is 10.2 Å². The summed E-state index contributed by atoms with van der Waals surface area (Å²) in [6.45, 7) is 2.67. The van der Waals surface area contributed by atoms with Crippen molar-refractivity contribution >= 4 is 30.1 Å². The van der Waals surface area contributed by atoms with E-state index in [4.69, 9.17) is 0 Å². The normalized spacial score (nSPS) is 17.6. The van der Waals surface area contributed by atoms with Gasteiger partial charge in [-0.2, -0.15) is 0 Å². The summed E-state index contributed by atoms with van der Waals surface area (Å²) in [6, 6.07) is 6.70. The summed E-state index contributed by atoms with van der Waals surface area (Å²) in [5.74, 6) is 1.18. The average Bonchev–Trinajstić information content (AvgIpc) is 2.90. The van der Waals surface area contributed by atoms with Gasteiger partial charge in [0.1, 0.15) is 5.82 Å². The molecule has 1 heterocycles. The van der Waals surface area contributed by atoms with Crippen molar-refractivity contribution in [3.05, 3.63) is 30.1 Å². The number of nitrogens with one attached hydrogen (secondary N) is 1. The first kappa shape index (κ1) is 18.3. The fourth-order valence-corrected chi connectivity index (χ4v) is 3.36. The first-order valence-corrected chi connectivity index (χ1v) is 7.99. The molecule has 0 aromatic heterocycles. The Balaban J connectivity index is 0.00000220. The molecule has 1 atom stereocenters. The van der Waals surface area contributed by atoms with Crippen molar-refractivity contribution in [2.75, 3.05) is 32.4 Å². The Morgan fingerprint density at radius 2 is 2.24 bits per heavy atom. The van der Waals surface area contributed by atoms with Gasteiger partial charge in [-0.15, -0.1) is 24.2 Å². The van der Waals surface area contributed by atoms with Crippen LogP contribution in [0.1, 0.15) is 12.8 Å². The van der Waals surface area contributed by atoms with Crippen LogP contribution in [0.15, 0.2) is 29.2 Å². The van der Waals surface area contributed by atoms with Crippen LogP contribution in [0, 0.1) is 11.7 Å². The van der Waals surface area contributed by atoms with Gasteiger partial charge in [0.2, 0.25) is 5.91 Å². The Labute approximate surface area is 136 Å². The highest BCUT2D eigenvalue weighted by Gasteiger charge is 2.25. The summed E-state index contributed by atoms with van der Waals surface area (Å²) in [7, 11) is 1.94. The van der Waals surface area contributed by atoms with E-state index < -0.39 is 0 Å². The molecule has 1 N–H and O–H groups in total. The van der Waals surface area contributed by atoms with Crippen LogP contribution in [0.5, 0.6) is 0 Å². The number of benzene rings is 1. The molecule has 0 spiro atoms. The zero-order chi connectivity index (χ0) is 14.4. The summed E-state index contributed by atoms with van der Waals surface area (Å²) in [4.78, 5) is 14.6. The maximum atomic E-state index is 13.4. The third-order valence-corrected chi connectivity index (χ3v) is 4.59. The van der Waals surface area contributed by atoms with Crippen LogP contribution in [-0.2, 0) is 4.79 Å². The summed E-state index contributed by atoms with van der Waals surface area (Å²) in [6.07, 6.45) is 1.55. The Bertz CT molecular complexity index is 461. The monoisotopic (exact) mass is 332 g/mol. The Kier molecular flexibility index (Phi) is 8.07. The highest BCUT2D eigenvalue weighted by Crippen LogP contribution is 2.23. The topological polar surface area (TPSA) is 32.3 Å². The van der Waals surface area contributed by atoms with E-state index in [0.29, 0.717) is 23.0 Å². The highest BCUT2D eigenvalue weighted by atomic mass is 35.5. The second-order valence-electron chi connectivity index (χ2n) is 5.08. The van der Waals surface area contributed by atoms with Crippen molar-refractivity contribution in [1.82, 2.24) is 10.2 Å². The number of hydrogen-bond donors (Lipinski definition) is 1. The minimum absolute atomic E-state index is 0. The molecule has 118 valence electrons. The molecule has 1 aliphatic rings. The van der Waals surface area contributed by atoms with Crippen LogP contribution in [0.3, 0.4) is 0 Å². The van der Waals surface area contributed by atoms with E-state index in [1.165, 1.54) is 17.8 Å². The number of nitrogens with zero attached hydrogens (tertiary/aromatic N) is 1. The van der Waals surface area contributed by atoms with Crippen LogP contribution < -0.4 is 5.32 Å². The summed E-state index contributed by atoms with van der Waals surface area (Å²) in [5, 5.41) is 3.16. The quantitative estimate of drug-likeness (QED) is 0.813. The minimum atomic E-state index is -0.208. The van der Waals surface area contributed by atoms with Gasteiger partial charge in [0.15, 0.2) is 0 Å². The van der Waals surface area contributed by atoms with Gasteiger partial charge in [-0.3, -0.25) is 4.79 Å². The first-order valence-electron chi connectivity index (χ1n) is 7.00.